The smallest absolute Gasteiger partial charge is 0.410 e. The Bertz CT molecular complexity index is 938. The molecule has 1 aromatic rings. The van der Waals surface area contributed by atoms with E-state index >= 15 is 0 Å². The molecule has 0 spiro atoms. The zero-order chi connectivity index (χ0) is 29.2. The Hall–Kier alpha value is -1.90. The highest BCUT2D eigenvalue weighted by Gasteiger charge is 2.97. The van der Waals surface area contributed by atoms with Crippen LogP contribution in [0.4, 0.5) is 83.4 Å². The summed E-state index contributed by atoms with van der Waals surface area (Å²) in [6.07, 6.45) is -14.6. The van der Waals surface area contributed by atoms with Gasteiger partial charge in [-0.25, -0.2) is 4.98 Å². The molecule has 22 heteroatoms. The maximum Gasteiger partial charge on any atom is 0.472 e. The van der Waals surface area contributed by atoms with Crippen LogP contribution < -0.4 is 4.74 Å². The molecule has 0 saturated heterocycles. The Morgan fingerprint density at radius 2 is 0.833 bits per heavy atom. The van der Waals surface area contributed by atoms with Crippen molar-refractivity contribution in [3.63, 3.8) is 0 Å². The molecule has 0 aliphatic carbocycles. The van der Waals surface area contributed by atoms with Crippen molar-refractivity contribution < 1.29 is 88.2 Å². The van der Waals surface area contributed by atoms with E-state index in [1.54, 1.807) is 0 Å². The highest BCUT2D eigenvalue weighted by atomic mass is 79.9. The first-order valence-electron chi connectivity index (χ1n) is 7.87. The Kier molecular flexibility index (Phi) is 7.65. The molecule has 0 fully saturated rings. The quantitative estimate of drug-likeness (QED) is 0.257. The average molecular weight is 642 g/mol. The molecule has 1 aromatic heterocycles. The van der Waals surface area contributed by atoms with Crippen LogP contribution in [0.25, 0.3) is 0 Å². The molecule has 0 aliphatic rings. The summed E-state index contributed by atoms with van der Waals surface area (Å²) >= 11 is 2.59. The number of hydrogen-bond donors (Lipinski definition) is 0. The van der Waals surface area contributed by atoms with Crippen molar-refractivity contribution in [1.82, 2.24) is 4.98 Å². The first-order chi connectivity index (χ1) is 15.5. The first kappa shape index (κ1) is 32.1. The number of ether oxygens (including phenoxy) is 1. The van der Waals surface area contributed by atoms with Gasteiger partial charge in [-0.05, 0) is 22.0 Å². The van der Waals surface area contributed by atoms with Crippen LogP contribution in [0.15, 0.2) is 22.8 Å². The number of hydrogen-bond acceptors (Lipinski definition) is 2. The van der Waals surface area contributed by atoms with Gasteiger partial charge in [0.15, 0.2) is 0 Å². The molecule has 0 bridgehead atoms. The molecule has 2 nitrogen and oxygen atoms in total. The molecule has 36 heavy (non-hydrogen) atoms. The lowest BCUT2D eigenvalue weighted by Gasteiger charge is -2.43. The molecule has 0 unspecified atom stereocenters. The number of pyridine rings is 1. The van der Waals surface area contributed by atoms with Crippen LogP contribution in [0.5, 0.6) is 5.88 Å². The van der Waals surface area contributed by atoms with Gasteiger partial charge in [-0.15, -0.1) is 0 Å². The van der Waals surface area contributed by atoms with Crippen LogP contribution in [0.2, 0.25) is 0 Å². The monoisotopic (exact) mass is 641 g/mol. The summed E-state index contributed by atoms with van der Waals surface area (Å²) in [6, 6.07) is 0.758. The number of rotatable bonds is 9. The zero-order valence-electron chi connectivity index (χ0n) is 15.6. The average Bonchev–Trinajstić information content (AvgIpc) is 2.67. The predicted octanol–water partition coefficient (Wildman–Crippen LogP) is 7.83. The lowest BCUT2D eigenvalue weighted by atomic mass is 9.88. The maximum atomic E-state index is 13.6. The Balaban J connectivity index is 3.65. The second-order valence-electron chi connectivity index (χ2n) is 6.45. The van der Waals surface area contributed by atoms with Crippen molar-refractivity contribution in [1.29, 1.82) is 0 Å². The number of alkyl halides is 19. The van der Waals surface area contributed by atoms with Gasteiger partial charge in [0.05, 0.1) is 0 Å². The normalized spacial score (nSPS) is 15.8. The topological polar surface area (TPSA) is 22.1 Å². The van der Waals surface area contributed by atoms with E-state index in [4.69, 9.17) is 0 Å². The molecule has 0 N–H and O–H groups in total. The van der Waals surface area contributed by atoms with Gasteiger partial charge in [-0.1, -0.05) is 0 Å². The minimum Gasteiger partial charge on any atom is -0.410 e. The van der Waals surface area contributed by atoms with Crippen molar-refractivity contribution in [2.75, 3.05) is 0 Å². The largest absolute Gasteiger partial charge is 0.472 e. The van der Waals surface area contributed by atoms with E-state index in [2.05, 4.69) is 25.7 Å². The lowest BCUT2D eigenvalue weighted by Crippen LogP contribution is -2.76. The first-order valence-corrected chi connectivity index (χ1v) is 8.66. The Morgan fingerprint density at radius 1 is 0.500 bits per heavy atom. The number of nitrogens with zero attached hydrogens (tertiary/aromatic N) is 1. The second-order valence-corrected chi connectivity index (χ2v) is 7.37. The minimum atomic E-state index is -8.98. The minimum absolute atomic E-state index is 0.139. The van der Waals surface area contributed by atoms with Gasteiger partial charge in [-0.2, -0.15) is 83.4 Å². The van der Waals surface area contributed by atoms with Crippen LogP contribution in [-0.4, -0.2) is 58.7 Å². The van der Waals surface area contributed by atoms with Gasteiger partial charge in [0.2, 0.25) is 5.88 Å². The fraction of sp³-hybridized carbons (Fsp3) is 0.643. The van der Waals surface area contributed by atoms with Gasteiger partial charge in [0, 0.05) is 16.7 Å². The third-order valence-electron chi connectivity index (χ3n) is 4.02. The van der Waals surface area contributed by atoms with E-state index in [0.29, 0.717) is 12.3 Å². The van der Waals surface area contributed by atoms with Crippen LogP contribution in [-0.2, 0) is 0 Å². The SMILES string of the molecule is FC(F)(F)C(F)(F)C(F)(F)C(F)(F)C(F)(F)C(F)(F)C(F)(F)C(F)(F)C(F)(F)Oc1ccc(Br)cn1. The summed E-state index contributed by atoms with van der Waals surface area (Å²) in [5.41, 5.74) is 0. The van der Waals surface area contributed by atoms with Gasteiger partial charge in [0.1, 0.15) is 0 Å². The maximum absolute atomic E-state index is 13.6. The molecule has 0 saturated carbocycles. The highest BCUT2D eigenvalue weighted by molar-refractivity contribution is 9.10. The van der Waals surface area contributed by atoms with Crippen molar-refractivity contribution >= 4 is 15.9 Å². The summed E-state index contributed by atoms with van der Waals surface area (Å²) in [5.74, 6) is -62.4. The molecule has 0 radical (unpaired) electrons. The summed E-state index contributed by atoms with van der Waals surface area (Å²) in [7, 11) is 0. The van der Waals surface area contributed by atoms with E-state index in [1.165, 1.54) is 0 Å². The van der Waals surface area contributed by atoms with Crippen molar-refractivity contribution in [2.45, 2.75) is 53.7 Å². The zero-order valence-corrected chi connectivity index (χ0v) is 17.2. The molecular weight excluding hydrogens is 639 g/mol. The van der Waals surface area contributed by atoms with Gasteiger partial charge >= 0.3 is 53.7 Å². The fourth-order valence-electron chi connectivity index (χ4n) is 1.96. The van der Waals surface area contributed by atoms with Gasteiger partial charge < -0.3 is 4.74 Å². The number of aromatic nitrogens is 1. The van der Waals surface area contributed by atoms with Crippen LogP contribution >= 0.6 is 15.9 Å². The van der Waals surface area contributed by atoms with Gasteiger partial charge in [0.25, 0.3) is 0 Å². The lowest BCUT2D eigenvalue weighted by molar-refractivity contribution is -0.476. The number of halogens is 20. The van der Waals surface area contributed by atoms with Crippen LogP contribution in [0, 0.1) is 0 Å². The molecule has 1 heterocycles. The Morgan fingerprint density at radius 3 is 1.14 bits per heavy atom. The Labute approximate surface area is 192 Å². The van der Waals surface area contributed by atoms with E-state index < -0.39 is 59.6 Å². The molecule has 0 aliphatic heterocycles. The van der Waals surface area contributed by atoms with E-state index in [9.17, 15) is 83.4 Å². The predicted molar refractivity (Wildman–Crippen MR) is 78.2 cm³/mol. The van der Waals surface area contributed by atoms with Crippen LogP contribution in [0.1, 0.15) is 0 Å². The molecule has 0 aromatic carbocycles. The second kappa shape index (κ2) is 8.57. The van der Waals surface area contributed by atoms with Crippen molar-refractivity contribution in [3.8, 4) is 5.88 Å². The summed E-state index contributed by atoms with van der Waals surface area (Å²) in [4.78, 5) is 2.72. The standard InChI is InChI=1S/C14H3BrF19NO/c15-4-1-2-5(35-3-4)36-14(33,34)12(28,29)10(24,25)8(20,21)6(16,17)7(18,19)9(22,23)11(26,27)13(30,31)32/h1-3H. The van der Waals surface area contributed by atoms with Crippen molar-refractivity contribution in [3.05, 3.63) is 22.8 Å². The molecule has 0 amide bonds. The third-order valence-corrected chi connectivity index (χ3v) is 4.49. The third kappa shape index (κ3) is 4.29. The fourth-order valence-corrected chi connectivity index (χ4v) is 2.20. The molecule has 0 atom stereocenters. The van der Waals surface area contributed by atoms with E-state index in [1.807, 2.05) is 0 Å². The van der Waals surface area contributed by atoms with E-state index in [-0.39, 0.29) is 10.5 Å². The molecule has 1 rings (SSSR count). The molecular formula is C14H3BrF19NO. The molecule has 210 valence electrons. The van der Waals surface area contributed by atoms with E-state index in [0.717, 1.165) is 0 Å². The van der Waals surface area contributed by atoms with Crippen molar-refractivity contribution in [2.24, 2.45) is 0 Å². The van der Waals surface area contributed by atoms with Gasteiger partial charge in [-0.3, -0.25) is 0 Å². The highest BCUT2D eigenvalue weighted by Crippen LogP contribution is 2.65. The summed E-state index contributed by atoms with van der Waals surface area (Å²) < 4.78 is 253. The summed E-state index contributed by atoms with van der Waals surface area (Å²) in [5, 5.41) is 0. The van der Waals surface area contributed by atoms with Crippen LogP contribution in [0.3, 0.4) is 0 Å². The summed E-state index contributed by atoms with van der Waals surface area (Å²) in [6.45, 7) is 0.